The van der Waals surface area contributed by atoms with Gasteiger partial charge in [-0.15, -0.1) is 11.3 Å². The molecule has 7 aromatic carbocycles. The zero-order chi connectivity index (χ0) is 33.4. The van der Waals surface area contributed by atoms with Crippen LogP contribution >= 0.6 is 11.3 Å². The molecule has 14 rings (SSSR count). The molecular formula is C45H21N5OS. The van der Waals surface area contributed by atoms with E-state index < -0.39 is 0 Å². The maximum Gasteiger partial charge on any atom is 0.238 e. The summed E-state index contributed by atoms with van der Waals surface area (Å²) in [6.45, 7) is 0. The highest BCUT2D eigenvalue weighted by Crippen LogP contribution is 2.53. The average molecular weight is 680 g/mol. The molecule has 238 valence electrons. The van der Waals surface area contributed by atoms with Crippen LogP contribution in [-0.4, -0.2) is 23.9 Å². The fourth-order valence-electron chi connectivity index (χ4n) is 9.35. The van der Waals surface area contributed by atoms with E-state index in [2.05, 4.69) is 93.9 Å². The topological polar surface area (TPSA) is 61.2 Å². The number of furan rings is 1. The van der Waals surface area contributed by atoms with Crippen LogP contribution in [0.3, 0.4) is 0 Å². The van der Waals surface area contributed by atoms with Gasteiger partial charge in [-0.1, -0.05) is 78.9 Å². The second-order valence-electron chi connectivity index (χ2n) is 14.0. The zero-order valence-electron chi connectivity index (χ0n) is 27.2. The number of hydrogen-bond acceptors (Lipinski definition) is 5. The van der Waals surface area contributed by atoms with Gasteiger partial charge in [-0.2, -0.15) is 9.97 Å². The van der Waals surface area contributed by atoms with Gasteiger partial charge in [0.15, 0.2) is 11.6 Å². The van der Waals surface area contributed by atoms with E-state index in [1.54, 1.807) is 0 Å². The van der Waals surface area contributed by atoms with Gasteiger partial charge in [0.1, 0.15) is 11.2 Å². The van der Waals surface area contributed by atoms with E-state index in [1.807, 2.05) is 53.8 Å². The van der Waals surface area contributed by atoms with Gasteiger partial charge >= 0.3 is 0 Å². The predicted octanol–water partition coefficient (Wildman–Crippen LogP) is 12.0. The first-order chi connectivity index (χ1) is 25.8. The van der Waals surface area contributed by atoms with Crippen molar-refractivity contribution in [2.75, 3.05) is 0 Å². The van der Waals surface area contributed by atoms with Gasteiger partial charge < -0.3 is 8.82 Å². The summed E-state index contributed by atoms with van der Waals surface area (Å²) in [5.41, 5.74) is 9.62. The van der Waals surface area contributed by atoms with Crippen LogP contribution in [0.15, 0.2) is 132 Å². The molecular weight excluding hydrogens is 659 g/mol. The van der Waals surface area contributed by atoms with Crippen LogP contribution in [0.4, 0.5) is 0 Å². The lowest BCUT2D eigenvalue weighted by Gasteiger charge is -2.11. The first-order valence-electron chi connectivity index (χ1n) is 17.5. The molecule has 0 aliphatic carbocycles. The van der Waals surface area contributed by atoms with Crippen molar-refractivity contribution >= 4 is 113 Å². The molecule has 14 aromatic rings. The molecule has 0 N–H and O–H groups in total. The lowest BCUT2D eigenvalue weighted by molar-refractivity contribution is 0.669. The molecule has 7 aromatic heterocycles. The predicted molar refractivity (Wildman–Crippen MR) is 213 cm³/mol. The Bertz CT molecular complexity index is 3750. The standard InChI is InChI=1S/C45H21N5OS/c1-2-7-22(8-3-1)43-46-44(23-13-18-33-29(21-23)24-9-4-5-12-32(24)51-33)48-45(47-43)49-30-17-20-34-38-36(30)37-31(49)16-14-27-25-10-6-11-26-28-15-19-35(52-34)39(38)42(28)50(40(25)26)41(27)37/h1-21H. The molecule has 7 heteroatoms. The Kier molecular flexibility index (Phi) is 4.37. The second-order valence-corrected chi connectivity index (χ2v) is 15.0. The highest BCUT2D eigenvalue weighted by atomic mass is 32.1. The number of fused-ring (bicyclic) bond motifs is 5. The minimum Gasteiger partial charge on any atom is -0.456 e. The van der Waals surface area contributed by atoms with E-state index in [1.165, 1.54) is 69.0 Å². The molecule has 0 aliphatic rings. The highest BCUT2D eigenvalue weighted by Gasteiger charge is 2.29. The maximum absolute atomic E-state index is 6.18. The van der Waals surface area contributed by atoms with Crippen LogP contribution in [0.25, 0.3) is 131 Å². The van der Waals surface area contributed by atoms with E-state index in [9.17, 15) is 0 Å². The number of para-hydroxylation sites is 2. The minimum absolute atomic E-state index is 0.596. The maximum atomic E-state index is 6.18. The minimum atomic E-state index is 0.596. The summed E-state index contributed by atoms with van der Waals surface area (Å²) in [5, 5.41) is 12.5. The number of hydrogen-bond donors (Lipinski definition) is 0. The molecule has 0 bridgehead atoms. The number of rotatable bonds is 3. The van der Waals surface area contributed by atoms with Crippen LogP contribution in [0.5, 0.6) is 0 Å². The van der Waals surface area contributed by atoms with Gasteiger partial charge in [-0.05, 0) is 48.5 Å². The second kappa shape index (κ2) is 8.72. The summed E-state index contributed by atoms with van der Waals surface area (Å²) in [6.07, 6.45) is 0. The SMILES string of the molecule is c1ccc(-c2nc(-c3ccc4oc5ccccc5c4c3)nc(-n3c4ccc5sc6ccc7c8cccc9c%10ccc3c3c4c5c6c7n(c89)c%103)n2)cc1. The van der Waals surface area contributed by atoms with Crippen molar-refractivity contribution in [3.63, 3.8) is 0 Å². The van der Waals surface area contributed by atoms with Crippen LogP contribution in [0.2, 0.25) is 0 Å². The average Bonchev–Trinajstić information content (AvgIpc) is 3.98. The largest absolute Gasteiger partial charge is 0.456 e. The monoisotopic (exact) mass is 679 g/mol. The summed E-state index contributed by atoms with van der Waals surface area (Å²) in [5.74, 6) is 1.84. The third kappa shape index (κ3) is 2.92. The van der Waals surface area contributed by atoms with Crippen molar-refractivity contribution in [3.8, 4) is 28.7 Å². The molecule has 0 unspecified atom stereocenters. The van der Waals surface area contributed by atoms with E-state index in [4.69, 9.17) is 19.4 Å². The molecule has 0 amide bonds. The number of nitrogens with zero attached hydrogens (tertiary/aromatic N) is 5. The van der Waals surface area contributed by atoms with E-state index in [-0.39, 0.29) is 0 Å². The van der Waals surface area contributed by atoms with Crippen molar-refractivity contribution in [3.05, 3.63) is 127 Å². The highest BCUT2D eigenvalue weighted by molar-refractivity contribution is 7.26. The van der Waals surface area contributed by atoms with Crippen molar-refractivity contribution in [2.24, 2.45) is 0 Å². The van der Waals surface area contributed by atoms with Gasteiger partial charge in [0, 0.05) is 74.4 Å². The van der Waals surface area contributed by atoms with Crippen LogP contribution in [0.1, 0.15) is 0 Å². The molecule has 7 heterocycles. The van der Waals surface area contributed by atoms with E-state index in [0.29, 0.717) is 17.6 Å². The number of aromatic nitrogens is 5. The molecule has 52 heavy (non-hydrogen) atoms. The van der Waals surface area contributed by atoms with Crippen LogP contribution < -0.4 is 0 Å². The fraction of sp³-hybridized carbons (Fsp3) is 0. The van der Waals surface area contributed by atoms with E-state index in [0.717, 1.165) is 44.1 Å². The zero-order valence-corrected chi connectivity index (χ0v) is 28.0. The van der Waals surface area contributed by atoms with Crippen molar-refractivity contribution < 1.29 is 4.42 Å². The molecule has 0 spiro atoms. The Balaban J connectivity index is 1.15. The van der Waals surface area contributed by atoms with Crippen LogP contribution in [-0.2, 0) is 0 Å². The molecule has 0 fully saturated rings. The smallest absolute Gasteiger partial charge is 0.238 e. The molecule has 0 radical (unpaired) electrons. The number of thiophene rings is 1. The summed E-state index contributed by atoms with van der Waals surface area (Å²) in [6, 6.07) is 45.2. The summed E-state index contributed by atoms with van der Waals surface area (Å²) in [4.78, 5) is 15.7. The molecule has 0 aliphatic heterocycles. The molecule has 0 saturated heterocycles. The Labute approximate surface area is 296 Å². The summed E-state index contributed by atoms with van der Waals surface area (Å²) >= 11 is 1.88. The van der Waals surface area contributed by atoms with Gasteiger partial charge in [0.2, 0.25) is 5.95 Å². The van der Waals surface area contributed by atoms with Crippen molar-refractivity contribution in [1.82, 2.24) is 23.9 Å². The van der Waals surface area contributed by atoms with Crippen molar-refractivity contribution in [1.29, 1.82) is 0 Å². The fourth-order valence-corrected chi connectivity index (χ4v) is 10.5. The molecule has 0 atom stereocenters. The lowest BCUT2D eigenvalue weighted by atomic mass is 10.0. The third-order valence-corrected chi connectivity index (χ3v) is 12.5. The van der Waals surface area contributed by atoms with Gasteiger partial charge in [0.25, 0.3) is 0 Å². The van der Waals surface area contributed by atoms with Crippen LogP contribution in [0, 0.1) is 0 Å². The van der Waals surface area contributed by atoms with Gasteiger partial charge in [-0.3, -0.25) is 4.57 Å². The van der Waals surface area contributed by atoms with E-state index >= 15 is 0 Å². The Morgan fingerprint density at radius 3 is 1.98 bits per heavy atom. The third-order valence-electron chi connectivity index (χ3n) is 11.4. The Morgan fingerprint density at radius 2 is 1.10 bits per heavy atom. The summed E-state index contributed by atoms with van der Waals surface area (Å²) in [7, 11) is 0. The van der Waals surface area contributed by atoms with Gasteiger partial charge in [0.05, 0.1) is 27.6 Å². The number of benzene rings is 7. The molecule has 0 saturated carbocycles. The Morgan fingerprint density at radius 1 is 0.442 bits per heavy atom. The van der Waals surface area contributed by atoms with Crippen molar-refractivity contribution in [2.45, 2.75) is 0 Å². The molecule has 6 nitrogen and oxygen atoms in total. The normalized spacial score (nSPS) is 13.0. The summed E-state index contributed by atoms with van der Waals surface area (Å²) < 4.78 is 13.6. The first-order valence-corrected chi connectivity index (χ1v) is 18.3. The quantitative estimate of drug-likeness (QED) is 0.186. The van der Waals surface area contributed by atoms with Gasteiger partial charge in [-0.25, -0.2) is 4.98 Å². The lowest BCUT2D eigenvalue weighted by Crippen LogP contribution is -2.06. The first kappa shape index (κ1) is 26.0. The Hall–Kier alpha value is -6.83.